The average Bonchev–Trinajstić information content (AvgIpc) is 2.90. The number of hydrogen-bond acceptors (Lipinski definition) is 7. The zero-order valence-corrected chi connectivity index (χ0v) is 21.4. The molecule has 0 aliphatic carbocycles. The maximum absolute atomic E-state index is 10.1. The quantitative estimate of drug-likeness (QED) is 0.484. The number of piperidine rings is 1. The van der Waals surface area contributed by atoms with Gasteiger partial charge in [0.1, 0.15) is 17.3 Å². The highest BCUT2D eigenvalue weighted by Crippen LogP contribution is 2.37. The van der Waals surface area contributed by atoms with E-state index in [9.17, 15) is 5.11 Å². The van der Waals surface area contributed by atoms with Crippen LogP contribution in [0.3, 0.4) is 0 Å². The van der Waals surface area contributed by atoms with E-state index >= 15 is 0 Å². The van der Waals surface area contributed by atoms with E-state index in [2.05, 4.69) is 45.5 Å². The van der Waals surface area contributed by atoms with Crippen LogP contribution in [0.15, 0.2) is 54.7 Å². The highest BCUT2D eigenvalue weighted by Gasteiger charge is 2.29. The second-order valence-electron chi connectivity index (χ2n) is 10.1. The summed E-state index contributed by atoms with van der Waals surface area (Å²) >= 11 is 0. The molecule has 190 valence electrons. The van der Waals surface area contributed by atoms with Gasteiger partial charge in [0.25, 0.3) is 0 Å². The number of aromatic nitrogens is 2. The van der Waals surface area contributed by atoms with Crippen molar-refractivity contribution in [2.45, 2.75) is 50.6 Å². The number of fused-ring (bicyclic) bond motifs is 1. The van der Waals surface area contributed by atoms with Crippen molar-refractivity contribution >= 4 is 11.8 Å². The van der Waals surface area contributed by atoms with E-state index in [0.29, 0.717) is 17.7 Å². The molecule has 2 unspecified atom stereocenters. The molecular weight excluding hydrogens is 450 g/mol. The summed E-state index contributed by atoms with van der Waals surface area (Å²) in [7, 11) is 3.92. The van der Waals surface area contributed by atoms with Gasteiger partial charge in [-0.15, -0.1) is 0 Å². The molecule has 0 saturated carbocycles. The van der Waals surface area contributed by atoms with Crippen molar-refractivity contribution in [3.63, 3.8) is 0 Å². The van der Waals surface area contributed by atoms with Gasteiger partial charge in [-0.1, -0.05) is 24.6 Å². The van der Waals surface area contributed by atoms with Crippen molar-refractivity contribution in [1.82, 2.24) is 15.3 Å². The number of rotatable bonds is 8. The molecule has 7 nitrogen and oxygen atoms in total. The van der Waals surface area contributed by atoms with Crippen LogP contribution >= 0.6 is 0 Å². The third kappa shape index (κ3) is 5.73. The van der Waals surface area contributed by atoms with Gasteiger partial charge >= 0.3 is 0 Å². The summed E-state index contributed by atoms with van der Waals surface area (Å²) in [6.45, 7) is 2.71. The second kappa shape index (κ2) is 11.2. The van der Waals surface area contributed by atoms with Crippen LogP contribution in [0.5, 0.6) is 11.5 Å². The second-order valence-corrected chi connectivity index (χ2v) is 10.1. The van der Waals surface area contributed by atoms with Crippen LogP contribution in [0.2, 0.25) is 0 Å². The monoisotopic (exact) mass is 487 g/mol. The molecule has 2 aromatic carbocycles. The van der Waals surface area contributed by atoms with E-state index in [0.717, 1.165) is 50.5 Å². The number of anilines is 2. The van der Waals surface area contributed by atoms with Gasteiger partial charge in [0.15, 0.2) is 0 Å². The molecule has 2 atom stereocenters. The molecule has 0 radical (unpaired) electrons. The van der Waals surface area contributed by atoms with E-state index < -0.39 is 0 Å². The third-order valence-corrected chi connectivity index (χ3v) is 7.31. The zero-order valence-electron chi connectivity index (χ0n) is 21.4. The Kier molecular flexibility index (Phi) is 7.56. The lowest BCUT2D eigenvalue weighted by molar-refractivity contribution is 0.268. The lowest BCUT2D eigenvalue weighted by Gasteiger charge is -2.38. The number of hydrogen-bond donors (Lipinski definition) is 2. The van der Waals surface area contributed by atoms with E-state index in [1.165, 1.54) is 36.0 Å². The summed E-state index contributed by atoms with van der Waals surface area (Å²) in [5.41, 5.74) is 3.69. The Morgan fingerprint density at radius 1 is 1.11 bits per heavy atom. The van der Waals surface area contributed by atoms with Gasteiger partial charge in [0.2, 0.25) is 5.95 Å². The SMILES string of the molecule is CN(C)c1nccc(N2CCc3cc(O)ccc3C2Cc2ccc(OCCC3CCCCN3)cc2)n1. The van der Waals surface area contributed by atoms with Crippen molar-refractivity contribution in [1.29, 1.82) is 0 Å². The van der Waals surface area contributed by atoms with Gasteiger partial charge in [-0.25, -0.2) is 4.98 Å². The molecule has 2 N–H and O–H groups in total. The number of aromatic hydroxyl groups is 1. The number of benzene rings is 2. The molecule has 2 aliphatic heterocycles. The van der Waals surface area contributed by atoms with Crippen molar-refractivity contribution in [3.8, 4) is 11.5 Å². The van der Waals surface area contributed by atoms with Crippen LogP contribution in [0.25, 0.3) is 0 Å². The molecule has 1 fully saturated rings. The van der Waals surface area contributed by atoms with Gasteiger partial charge in [-0.05, 0) is 85.7 Å². The molecule has 5 rings (SSSR count). The summed E-state index contributed by atoms with van der Waals surface area (Å²) in [6.07, 6.45) is 8.44. The van der Waals surface area contributed by atoms with Gasteiger partial charge in [-0.3, -0.25) is 0 Å². The first-order chi connectivity index (χ1) is 17.6. The molecule has 3 aromatic rings. The average molecular weight is 488 g/mol. The summed E-state index contributed by atoms with van der Waals surface area (Å²) in [4.78, 5) is 13.5. The first-order valence-corrected chi connectivity index (χ1v) is 13.1. The largest absolute Gasteiger partial charge is 0.508 e. The highest BCUT2D eigenvalue weighted by molar-refractivity contribution is 5.51. The maximum atomic E-state index is 10.1. The summed E-state index contributed by atoms with van der Waals surface area (Å²) < 4.78 is 6.05. The van der Waals surface area contributed by atoms with Gasteiger partial charge < -0.3 is 25.0 Å². The van der Waals surface area contributed by atoms with E-state index in [1.54, 1.807) is 6.07 Å². The van der Waals surface area contributed by atoms with Crippen LogP contribution in [-0.4, -0.2) is 54.9 Å². The van der Waals surface area contributed by atoms with Gasteiger partial charge in [-0.2, -0.15) is 4.98 Å². The lowest BCUT2D eigenvalue weighted by atomic mass is 9.88. The van der Waals surface area contributed by atoms with Crippen molar-refractivity contribution in [2.75, 3.05) is 43.6 Å². The van der Waals surface area contributed by atoms with Crippen molar-refractivity contribution in [3.05, 3.63) is 71.4 Å². The molecule has 7 heteroatoms. The highest BCUT2D eigenvalue weighted by atomic mass is 16.5. The first kappa shape index (κ1) is 24.4. The van der Waals surface area contributed by atoms with Crippen LogP contribution in [0.1, 0.15) is 48.4 Å². The zero-order chi connectivity index (χ0) is 24.9. The van der Waals surface area contributed by atoms with Crippen LogP contribution in [0.4, 0.5) is 11.8 Å². The van der Waals surface area contributed by atoms with Crippen LogP contribution < -0.4 is 19.9 Å². The first-order valence-electron chi connectivity index (χ1n) is 13.1. The predicted octanol–water partition coefficient (Wildman–Crippen LogP) is 4.51. The molecule has 0 spiro atoms. The molecule has 0 amide bonds. The molecule has 1 aromatic heterocycles. The summed E-state index contributed by atoms with van der Waals surface area (Å²) in [6, 6.07) is 17.0. The maximum Gasteiger partial charge on any atom is 0.226 e. The summed E-state index contributed by atoms with van der Waals surface area (Å²) in [5.74, 6) is 2.87. The molecule has 36 heavy (non-hydrogen) atoms. The number of nitrogens with zero attached hydrogens (tertiary/aromatic N) is 4. The van der Waals surface area contributed by atoms with Crippen molar-refractivity contribution < 1.29 is 9.84 Å². The van der Waals surface area contributed by atoms with E-state index in [1.807, 2.05) is 37.3 Å². The van der Waals surface area contributed by atoms with E-state index in [-0.39, 0.29) is 6.04 Å². The van der Waals surface area contributed by atoms with Crippen molar-refractivity contribution in [2.24, 2.45) is 0 Å². The smallest absolute Gasteiger partial charge is 0.226 e. The molecular formula is C29H37N5O2. The minimum Gasteiger partial charge on any atom is -0.508 e. The fourth-order valence-electron chi connectivity index (χ4n) is 5.34. The molecule has 0 bridgehead atoms. The van der Waals surface area contributed by atoms with Crippen LogP contribution in [0, 0.1) is 0 Å². The Morgan fingerprint density at radius 3 is 2.75 bits per heavy atom. The Labute approximate surface area is 214 Å². The number of ether oxygens (including phenoxy) is 1. The lowest BCUT2D eigenvalue weighted by Crippen LogP contribution is -2.37. The Hall–Kier alpha value is -3.32. The Morgan fingerprint density at radius 2 is 1.97 bits per heavy atom. The Balaban J connectivity index is 1.32. The minimum absolute atomic E-state index is 0.114. The van der Waals surface area contributed by atoms with Gasteiger partial charge in [0.05, 0.1) is 12.6 Å². The third-order valence-electron chi connectivity index (χ3n) is 7.31. The fraction of sp³-hybridized carbons (Fsp3) is 0.448. The minimum atomic E-state index is 0.114. The topological polar surface area (TPSA) is 73.8 Å². The number of nitrogens with one attached hydrogen (secondary N) is 1. The number of phenols is 1. The van der Waals surface area contributed by atoms with Crippen LogP contribution in [-0.2, 0) is 12.8 Å². The standard InChI is InChI=1S/C29H37N5O2/c1-33(2)29-31-16-12-28(32-29)34-17-13-22-20-24(35)8-11-26(22)27(34)19-21-6-9-25(10-7-21)36-18-14-23-5-3-4-15-30-23/h6-12,16,20,23,27,30,35H,3-5,13-15,17-19H2,1-2H3. The molecule has 1 saturated heterocycles. The predicted molar refractivity (Wildman–Crippen MR) is 144 cm³/mol. The summed E-state index contributed by atoms with van der Waals surface area (Å²) in [5, 5.41) is 13.7. The molecule has 3 heterocycles. The fourth-order valence-corrected chi connectivity index (χ4v) is 5.34. The normalized spacial score (nSPS) is 19.6. The molecule has 2 aliphatic rings. The van der Waals surface area contributed by atoms with Gasteiger partial charge in [0, 0.05) is 32.9 Å². The number of phenolic OH excluding ortho intramolecular Hbond substituents is 1. The van der Waals surface area contributed by atoms with E-state index in [4.69, 9.17) is 9.72 Å². The Bertz CT molecular complexity index is 1140.